The van der Waals surface area contributed by atoms with E-state index in [0.717, 1.165) is 27.7 Å². The summed E-state index contributed by atoms with van der Waals surface area (Å²) in [5, 5.41) is 285. The highest BCUT2D eigenvalue weighted by molar-refractivity contribution is 5.77. The summed E-state index contributed by atoms with van der Waals surface area (Å²) in [6.07, 6.45) is -90.0. The molecular weight excluding hydrogens is 1590 g/mol. The molecule has 0 bridgehead atoms. The quantitative estimate of drug-likeness (QED) is 0.0297. The van der Waals surface area contributed by atoms with Gasteiger partial charge in [0.15, 0.2) is 50.3 Å². The van der Waals surface area contributed by atoms with E-state index in [1.54, 1.807) is 0 Å². The Balaban J connectivity index is 1.03. The van der Waals surface area contributed by atoms with Crippen molar-refractivity contribution in [1.82, 2.24) is 16.0 Å². The van der Waals surface area contributed by atoms with Crippen molar-refractivity contribution in [2.24, 2.45) is 0 Å². The van der Waals surface area contributed by atoms with Crippen LogP contribution >= 0.6 is 0 Å². The predicted molar refractivity (Wildman–Crippen MR) is 356 cm³/mol. The van der Waals surface area contributed by atoms with E-state index in [4.69, 9.17) is 85.3 Å². The Bertz CT molecular complexity index is 3170. The smallest absolute Gasteiger partial charge is 0.364 e. The van der Waals surface area contributed by atoms with E-state index in [0.29, 0.717) is 0 Å². The molecule has 0 aromatic rings. The molecule has 3 amide bonds. The fourth-order valence-electron chi connectivity index (χ4n) is 15.0. The first-order chi connectivity index (χ1) is 54.6. The summed E-state index contributed by atoms with van der Waals surface area (Å²) in [5.41, 5.74) is 0. The van der Waals surface area contributed by atoms with Crippen LogP contribution in [0.5, 0.6) is 0 Å². The van der Waals surface area contributed by atoms with E-state index >= 15 is 0 Å². The van der Waals surface area contributed by atoms with Crippen molar-refractivity contribution < 1.29 is 237 Å². The average Bonchev–Trinajstić information content (AvgIpc) is 0.753. The third-order valence-electron chi connectivity index (χ3n) is 21.1. The maximum Gasteiger partial charge on any atom is 0.364 e. The van der Waals surface area contributed by atoms with Crippen LogP contribution in [0.2, 0.25) is 0 Å². The highest BCUT2D eigenvalue weighted by Crippen LogP contribution is 2.43. The van der Waals surface area contributed by atoms with E-state index in [2.05, 4.69) is 16.0 Å². The number of carbonyl (C=O) groups is 5. The molecule has 0 spiro atoms. The molecule has 0 aromatic carbocycles. The number of amides is 3. The van der Waals surface area contributed by atoms with Crippen molar-refractivity contribution in [3.8, 4) is 0 Å². The lowest BCUT2D eigenvalue weighted by Gasteiger charge is -2.52. The fraction of sp³-hybridized carbons (Fsp3) is 0.923. The van der Waals surface area contributed by atoms with Crippen LogP contribution < -0.4 is 16.0 Å². The molecule has 9 fully saturated rings. The van der Waals surface area contributed by atoms with Crippen molar-refractivity contribution in [3.63, 3.8) is 0 Å². The Morgan fingerprint density at radius 3 is 1.33 bits per heavy atom. The zero-order valence-corrected chi connectivity index (χ0v) is 62.7. The van der Waals surface area contributed by atoms with E-state index in [-0.39, 0.29) is 0 Å². The van der Waals surface area contributed by atoms with Crippen molar-refractivity contribution in [3.05, 3.63) is 0 Å². The molecule has 0 saturated carbocycles. The monoisotopic (exact) mass is 1700 g/mol. The summed E-state index contributed by atoms with van der Waals surface area (Å²) in [5.74, 6) is -9.50. The van der Waals surface area contributed by atoms with Crippen LogP contribution in [-0.2, 0) is 109 Å². The lowest BCUT2D eigenvalue weighted by Crippen LogP contribution is -2.71. The largest absolute Gasteiger partial charge is 0.477 e. The second kappa shape index (κ2) is 40.8. The minimum Gasteiger partial charge on any atom is -0.477 e. The van der Waals surface area contributed by atoms with Gasteiger partial charge < -0.3 is 229 Å². The van der Waals surface area contributed by atoms with Gasteiger partial charge >= 0.3 is 11.9 Å². The molecule has 0 radical (unpaired) electrons. The molecular formula is C65H107N3O48. The lowest BCUT2D eigenvalue weighted by molar-refractivity contribution is -0.402. The van der Waals surface area contributed by atoms with Crippen LogP contribution in [0.3, 0.4) is 0 Å². The van der Waals surface area contributed by atoms with Crippen LogP contribution in [0.1, 0.15) is 48.0 Å². The molecule has 9 aliphatic heterocycles. The van der Waals surface area contributed by atoms with Gasteiger partial charge in [-0.1, -0.05) is 0 Å². The first-order valence-corrected chi connectivity index (χ1v) is 36.9. The molecule has 9 heterocycles. The Kier molecular flexibility index (Phi) is 33.6. The molecule has 116 heavy (non-hydrogen) atoms. The van der Waals surface area contributed by atoms with Crippen LogP contribution in [0, 0.1) is 0 Å². The predicted octanol–water partition coefficient (Wildman–Crippen LogP) is -18.4. The zero-order valence-electron chi connectivity index (χ0n) is 62.7. The van der Waals surface area contributed by atoms with Gasteiger partial charge in [-0.2, -0.15) is 0 Å². The van der Waals surface area contributed by atoms with Gasteiger partial charge in [0, 0.05) is 27.7 Å². The maximum atomic E-state index is 13.6. The van der Waals surface area contributed by atoms with Crippen LogP contribution in [0.25, 0.3) is 0 Å². The number of ether oxygens (including phenoxy) is 18. The maximum absolute atomic E-state index is 13.6. The number of esters is 1. The number of aliphatic hydroxyl groups is 24. The van der Waals surface area contributed by atoms with Crippen molar-refractivity contribution in [2.75, 3.05) is 46.2 Å². The Labute approximate surface area is 656 Å². The second-order valence-electron chi connectivity index (χ2n) is 29.4. The fourth-order valence-corrected chi connectivity index (χ4v) is 15.0. The van der Waals surface area contributed by atoms with Crippen LogP contribution in [0.4, 0.5) is 0 Å². The molecule has 51 nitrogen and oxygen atoms in total. The van der Waals surface area contributed by atoms with Gasteiger partial charge in [-0.3, -0.25) is 19.2 Å². The number of carboxylic acid groups (broad SMARTS) is 1. The van der Waals surface area contributed by atoms with E-state index in [1.165, 1.54) is 13.8 Å². The van der Waals surface area contributed by atoms with Gasteiger partial charge in [0.2, 0.25) is 17.7 Å². The number of rotatable bonds is 30. The summed E-state index contributed by atoms with van der Waals surface area (Å²) in [6, 6.07) is -5.80. The number of carbonyl (C=O) groups excluding carboxylic acids is 4. The summed E-state index contributed by atoms with van der Waals surface area (Å²) in [7, 11) is 0. The average molecular weight is 1700 g/mol. The zero-order chi connectivity index (χ0) is 85.9. The Morgan fingerprint density at radius 2 is 0.802 bits per heavy atom. The van der Waals surface area contributed by atoms with Gasteiger partial charge in [0.1, 0.15) is 207 Å². The lowest BCUT2D eigenvalue weighted by atomic mass is 9.87. The Hall–Kier alpha value is -4.29. The molecule has 28 N–H and O–H groups in total. The number of nitrogens with one attached hydrogen (secondary N) is 3. The van der Waals surface area contributed by atoms with Gasteiger partial charge in [0.25, 0.3) is 5.79 Å². The highest BCUT2D eigenvalue weighted by Gasteiger charge is 2.64. The molecule has 670 valence electrons. The van der Waals surface area contributed by atoms with Crippen molar-refractivity contribution in [1.29, 1.82) is 0 Å². The SMILES string of the molecule is CC(=O)N[C@H]1[C@H](OC[C@H]2O[C@@H](O[C@H]3[C@H](O)[C@@H](O)C(O)O[C@@H]3CO)[C@H](O)[C@@H](O[C@@H]3O[C@H](CO)[C@@H](O[C@@H]4O[C@H](CO)[C@H](O)[C@H](O)[C@H]4O[C@@H]4O[C@@H](C)[C@@H](O)[C@@H](O)[C@@H]4O)[C@H](O[C@@H]4O[C@@H](C)[C@@H](O)[C@@H](O)[C@@H]4O)[C@H]3NC(C)=O)[C@H]2O)O[C@H](CO)[C@@H](O[C@@H]2O[C@H](CO)[C@H](O)[C@H](O[C@]3(C(=O)O)C[C@H](OC(C)=O)[C@@H](NC(C)=O)[C@H]([C@H](O)[C@H](O)CO)O3)[C@H]2O)[C@@H]1O. The Morgan fingerprint density at radius 1 is 0.388 bits per heavy atom. The minimum absolute atomic E-state index is 0.863. The van der Waals surface area contributed by atoms with E-state index in [1.807, 2.05) is 0 Å². The van der Waals surface area contributed by atoms with Crippen LogP contribution in [-0.4, -0.2) is 485 Å². The van der Waals surface area contributed by atoms with Gasteiger partial charge in [-0.25, -0.2) is 4.79 Å². The number of carboxylic acids is 1. The summed E-state index contributed by atoms with van der Waals surface area (Å²) >= 11 is 0. The number of aliphatic carboxylic acids is 1. The molecule has 1 unspecified atom stereocenters. The number of hydrogen-bond donors (Lipinski definition) is 28. The third kappa shape index (κ3) is 20.8. The standard InChI is InChI=1S/C65H107N3O48/c1-15-32(80)39(87)44(92)59(100-15)112-52-31(68-19(5)77)58(107-27(13-74)50(52)111-63-55(41(89)35(83)23(9-70)105-63)114-60-45(93)40(88)33(81)16(2)101-60)113-53-37(85)28(108-61(46(53)94)110-49-25(11-72)103-56(96)43(91)42(49)90)14-99-57-30(67-18(4)76)38(86)48(26(12-73)106-57)109-62-47(95)54(36(84)24(10-71)104-62)116-65(64(97)98)7-22(102-20(6)78)29(66-17(3)75)51(115-65)34(82)21(79)8-69/h15-16,21-63,69-74,79-96H,7-14H2,1-6H3,(H,66,75)(H,67,76)(H,68,77)(H,97,98)/t15-,16-,21+,22-,23+,24+,25+,26+,27+,28+,29+,30+,31+,32+,33+,34+,35-,36-,37-,38+,39+,40+,41-,42+,43+,44-,45-,46+,47+,48+,49+,50+,51+,52+,53-,54-,55+,56?,57+,58-,59-,60-,61-,62-,63-,65-/m0/s1. The number of hydrogen-bond acceptors (Lipinski definition) is 47. The highest BCUT2D eigenvalue weighted by atomic mass is 16.8. The van der Waals surface area contributed by atoms with Gasteiger partial charge in [-0.05, 0) is 13.8 Å². The normalized spacial score (nSPS) is 48.2. The molecule has 46 atom stereocenters. The molecule has 51 heteroatoms. The van der Waals surface area contributed by atoms with Crippen molar-refractivity contribution >= 4 is 29.7 Å². The first-order valence-electron chi connectivity index (χ1n) is 36.9. The minimum atomic E-state index is -3.32. The second-order valence-corrected chi connectivity index (χ2v) is 29.4. The summed E-state index contributed by atoms with van der Waals surface area (Å²) in [4.78, 5) is 65.2. The van der Waals surface area contributed by atoms with E-state index in [9.17, 15) is 152 Å². The topological polar surface area (TPSA) is 793 Å². The molecule has 0 aliphatic carbocycles. The number of aliphatic hydroxyl groups excluding tert-OH is 24. The van der Waals surface area contributed by atoms with Crippen molar-refractivity contribution in [2.45, 2.75) is 330 Å². The van der Waals surface area contributed by atoms with Crippen LogP contribution in [0.15, 0.2) is 0 Å². The summed E-state index contributed by atoms with van der Waals surface area (Å²) in [6.45, 7) is -2.19. The van der Waals surface area contributed by atoms with Gasteiger partial charge in [-0.15, -0.1) is 0 Å². The molecule has 9 aliphatic rings. The molecule has 9 saturated heterocycles. The summed E-state index contributed by atoms with van der Waals surface area (Å²) < 4.78 is 107. The third-order valence-corrected chi connectivity index (χ3v) is 21.1. The molecule has 9 rings (SSSR count). The first kappa shape index (κ1) is 95.5. The van der Waals surface area contributed by atoms with E-state index < -0.39 is 364 Å². The van der Waals surface area contributed by atoms with Gasteiger partial charge in [0.05, 0.1) is 70.9 Å². The molecule has 0 aromatic heterocycles.